The molecule has 94 valence electrons. The fourth-order valence-electron chi connectivity index (χ4n) is 1.67. The molecule has 0 radical (unpaired) electrons. The van der Waals surface area contributed by atoms with Gasteiger partial charge in [0.15, 0.2) is 0 Å². The molecule has 0 aromatic heterocycles. The molecule has 0 saturated carbocycles. The van der Waals surface area contributed by atoms with E-state index in [0.717, 1.165) is 32.1 Å². The average Bonchev–Trinajstić information content (AvgIpc) is 2.31. The van der Waals surface area contributed by atoms with Gasteiger partial charge in [-0.1, -0.05) is 37.3 Å². The average molecular weight is 234 g/mol. The van der Waals surface area contributed by atoms with Crippen LogP contribution in [0.3, 0.4) is 0 Å². The van der Waals surface area contributed by atoms with E-state index in [9.17, 15) is 4.79 Å². The van der Waals surface area contributed by atoms with Crippen molar-refractivity contribution >= 4 is 5.97 Å². The van der Waals surface area contributed by atoms with Gasteiger partial charge in [-0.2, -0.15) is 0 Å². The van der Waals surface area contributed by atoms with Crippen molar-refractivity contribution in [3.63, 3.8) is 0 Å². The quantitative estimate of drug-likeness (QED) is 0.596. The van der Waals surface area contributed by atoms with Gasteiger partial charge in [0.1, 0.15) is 0 Å². The molecule has 1 aliphatic rings. The zero-order valence-electron chi connectivity index (χ0n) is 10.6. The standard InChI is InChI=1S/C15H22O2/c1-14-10-7-5-3-2-4-6-8-13-17-15(16)12-9-11-14/h2-5,9,12,14H,6-8,10-11,13H2,1H3/b4-2+,5-3+,12-9+. The SMILES string of the molecule is CC1C/C=C/C(=O)OCCC/C=C/C=C/CC1. The summed E-state index contributed by atoms with van der Waals surface area (Å²) in [6.07, 6.45) is 17.0. The highest BCUT2D eigenvalue weighted by molar-refractivity contribution is 5.81. The van der Waals surface area contributed by atoms with Gasteiger partial charge < -0.3 is 4.74 Å². The van der Waals surface area contributed by atoms with Crippen molar-refractivity contribution in [2.24, 2.45) is 5.92 Å². The first-order valence-electron chi connectivity index (χ1n) is 6.44. The number of carbonyl (C=O) groups is 1. The zero-order chi connectivity index (χ0) is 12.3. The molecule has 0 aromatic carbocycles. The van der Waals surface area contributed by atoms with Crippen LogP contribution in [0.25, 0.3) is 0 Å². The van der Waals surface area contributed by atoms with Crippen LogP contribution < -0.4 is 0 Å². The molecular weight excluding hydrogens is 212 g/mol. The van der Waals surface area contributed by atoms with Crippen molar-refractivity contribution in [2.75, 3.05) is 6.61 Å². The van der Waals surface area contributed by atoms with E-state index < -0.39 is 0 Å². The molecule has 0 N–H and O–H groups in total. The van der Waals surface area contributed by atoms with Crippen molar-refractivity contribution in [3.8, 4) is 0 Å². The number of carbonyl (C=O) groups excluding carboxylic acids is 1. The highest BCUT2D eigenvalue weighted by atomic mass is 16.5. The van der Waals surface area contributed by atoms with E-state index in [1.807, 2.05) is 6.08 Å². The Morgan fingerprint density at radius 1 is 1.18 bits per heavy atom. The van der Waals surface area contributed by atoms with Gasteiger partial charge in [0.25, 0.3) is 0 Å². The largest absolute Gasteiger partial charge is 0.463 e. The highest BCUT2D eigenvalue weighted by Gasteiger charge is 2.00. The van der Waals surface area contributed by atoms with Gasteiger partial charge in [0.05, 0.1) is 6.61 Å². The predicted molar refractivity (Wildman–Crippen MR) is 70.6 cm³/mol. The first-order valence-corrected chi connectivity index (χ1v) is 6.44. The lowest BCUT2D eigenvalue weighted by molar-refractivity contribution is -0.137. The van der Waals surface area contributed by atoms with Gasteiger partial charge in [-0.3, -0.25) is 0 Å². The molecule has 1 aliphatic heterocycles. The van der Waals surface area contributed by atoms with Crippen molar-refractivity contribution in [2.45, 2.75) is 39.0 Å². The van der Waals surface area contributed by atoms with Crippen LogP contribution in [0, 0.1) is 5.92 Å². The number of rotatable bonds is 0. The van der Waals surface area contributed by atoms with Gasteiger partial charge in [-0.15, -0.1) is 0 Å². The van der Waals surface area contributed by atoms with Crippen molar-refractivity contribution in [3.05, 3.63) is 36.5 Å². The van der Waals surface area contributed by atoms with E-state index in [1.165, 1.54) is 0 Å². The topological polar surface area (TPSA) is 26.3 Å². The third-order valence-corrected chi connectivity index (χ3v) is 2.76. The smallest absolute Gasteiger partial charge is 0.330 e. The van der Waals surface area contributed by atoms with Crippen LogP contribution in [0.4, 0.5) is 0 Å². The van der Waals surface area contributed by atoms with Gasteiger partial charge in [0, 0.05) is 6.08 Å². The van der Waals surface area contributed by atoms with Gasteiger partial charge >= 0.3 is 5.97 Å². The summed E-state index contributed by atoms with van der Waals surface area (Å²) < 4.78 is 5.08. The van der Waals surface area contributed by atoms with Gasteiger partial charge in [-0.05, 0) is 38.0 Å². The summed E-state index contributed by atoms with van der Waals surface area (Å²) in [5, 5.41) is 0. The predicted octanol–water partition coefficient (Wildman–Crippen LogP) is 3.80. The third-order valence-electron chi connectivity index (χ3n) is 2.76. The van der Waals surface area contributed by atoms with Crippen molar-refractivity contribution in [1.82, 2.24) is 0 Å². The summed E-state index contributed by atoms with van der Waals surface area (Å²) in [4.78, 5) is 11.3. The minimum absolute atomic E-state index is 0.214. The molecule has 2 heteroatoms. The maximum Gasteiger partial charge on any atom is 0.330 e. The Bertz CT molecular complexity index is 300. The summed E-state index contributed by atoms with van der Waals surface area (Å²) in [6.45, 7) is 2.71. The molecule has 1 heterocycles. The Morgan fingerprint density at radius 2 is 1.94 bits per heavy atom. The molecule has 17 heavy (non-hydrogen) atoms. The highest BCUT2D eigenvalue weighted by Crippen LogP contribution is 2.11. The molecule has 0 aromatic rings. The lowest BCUT2D eigenvalue weighted by Crippen LogP contribution is -2.02. The fourth-order valence-corrected chi connectivity index (χ4v) is 1.67. The van der Waals surface area contributed by atoms with Crippen LogP contribution in [0.15, 0.2) is 36.5 Å². The van der Waals surface area contributed by atoms with Crippen LogP contribution in [0.5, 0.6) is 0 Å². The summed E-state index contributed by atoms with van der Waals surface area (Å²) in [5.41, 5.74) is 0. The molecular formula is C15H22O2. The van der Waals surface area contributed by atoms with Crippen LogP contribution in [0.1, 0.15) is 39.0 Å². The van der Waals surface area contributed by atoms with Crippen LogP contribution in [-0.2, 0) is 9.53 Å². The van der Waals surface area contributed by atoms with Crippen LogP contribution in [-0.4, -0.2) is 12.6 Å². The number of allylic oxidation sites excluding steroid dienone is 5. The van der Waals surface area contributed by atoms with E-state index in [4.69, 9.17) is 4.74 Å². The lowest BCUT2D eigenvalue weighted by atomic mass is 10.0. The Morgan fingerprint density at radius 3 is 2.76 bits per heavy atom. The van der Waals surface area contributed by atoms with E-state index >= 15 is 0 Å². The summed E-state index contributed by atoms with van der Waals surface area (Å²) in [7, 11) is 0. The second-order valence-corrected chi connectivity index (χ2v) is 4.49. The molecule has 0 spiro atoms. The maximum absolute atomic E-state index is 11.3. The summed E-state index contributed by atoms with van der Waals surface area (Å²) >= 11 is 0. The Kier molecular flexibility index (Phi) is 7.12. The fraction of sp³-hybridized carbons (Fsp3) is 0.533. The number of hydrogen-bond donors (Lipinski definition) is 0. The van der Waals surface area contributed by atoms with E-state index in [-0.39, 0.29) is 5.97 Å². The number of ether oxygens (including phenoxy) is 1. The molecule has 0 saturated heterocycles. The molecule has 0 aliphatic carbocycles. The van der Waals surface area contributed by atoms with Crippen molar-refractivity contribution in [1.29, 1.82) is 0 Å². The maximum atomic E-state index is 11.3. The zero-order valence-corrected chi connectivity index (χ0v) is 10.6. The molecule has 2 nitrogen and oxygen atoms in total. The van der Waals surface area contributed by atoms with Gasteiger partial charge in [0.2, 0.25) is 0 Å². The van der Waals surface area contributed by atoms with E-state index in [2.05, 4.69) is 31.2 Å². The molecule has 1 atom stereocenters. The van der Waals surface area contributed by atoms with E-state index in [1.54, 1.807) is 6.08 Å². The molecule has 0 fully saturated rings. The number of cyclic esters (lactones) is 1. The second-order valence-electron chi connectivity index (χ2n) is 4.49. The van der Waals surface area contributed by atoms with Crippen molar-refractivity contribution < 1.29 is 9.53 Å². The minimum Gasteiger partial charge on any atom is -0.463 e. The van der Waals surface area contributed by atoms with Gasteiger partial charge in [-0.25, -0.2) is 4.79 Å². The molecule has 0 amide bonds. The summed E-state index contributed by atoms with van der Waals surface area (Å²) in [6, 6.07) is 0. The minimum atomic E-state index is -0.214. The molecule has 0 bridgehead atoms. The monoisotopic (exact) mass is 234 g/mol. The Hall–Kier alpha value is -1.31. The molecule has 1 rings (SSSR count). The second kappa shape index (κ2) is 8.80. The van der Waals surface area contributed by atoms with Crippen LogP contribution in [0.2, 0.25) is 0 Å². The first kappa shape index (κ1) is 13.8. The third kappa shape index (κ3) is 7.56. The van der Waals surface area contributed by atoms with Crippen LogP contribution >= 0.6 is 0 Å². The molecule has 1 unspecified atom stereocenters. The lowest BCUT2D eigenvalue weighted by Gasteiger charge is -2.05. The number of hydrogen-bond acceptors (Lipinski definition) is 2. The normalized spacial score (nSPS) is 29.5. The first-order chi connectivity index (χ1) is 8.29. The Balaban J connectivity index is 2.45. The van der Waals surface area contributed by atoms with E-state index in [0.29, 0.717) is 12.5 Å². The Labute approximate surface area is 104 Å². The number of esters is 1. The summed E-state index contributed by atoms with van der Waals surface area (Å²) in [5.74, 6) is 0.395.